The fraction of sp³-hybridized carbons (Fsp3) is 0.538. The van der Waals surface area contributed by atoms with Crippen LogP contribution in [0.2, 0.25) is 0 Å². The summed E-state index contributed by atoms with van der Waals surface area (Å²) in [6.45, 7) is 6.89. The van der Waals surface area contributed by atoms with E-state index in [4.69, 9.17) is 0 Å². The van der Waals surface area contributed by atoms with Gasteiger partial charge in [0.25, 0.3) is 0 Å². The van der Waals surface area contributed by atoms with E-state index in [0.717, 1.165) is 6.54 Å². The average Bonchev–Trinajstić information content (AvgIpc) is 2.76. The molecule has 1 fully saturated rings. The van der Waals surface area contributed by atoms with Crippen molar-refractivity contribution < 1.29 is 0 Å². The average molecular weight is 204 g/mol. The Kier molecular flexibility index (Phi) is 3.75. The molecular weight excluding hydrogens is 184 g/mol. The number of hydrogen-bond donors (Lipinski definition) is 1. The first kappa shape index (κ1) is 10.7. The maximum absolute atomic E-state index is 3.62. The van der Waals surface area contributed by atoms with E-state index in [9.17, 15) is 0 Å². The van der Waals surface area contributed by atoms with Crippen LogP contribution in [0.3, 0.4) is 0 Å². The summed E-state index contributed by atoms with van der Waals surface area (Å²) < 4.78 is 0. The Hall–Kier alpha value is -0.860. The van der Waals surface area contributed by atoms with Gasteiger partial charge in [0.05, 0.1) is 0 Å². The van der Waals surface area contributed by atoms with Crippen LogP contribution in [0.15, 0.2) is 30.3 Å². The molecule has 1 aromatic rings. The first-order valence-corrected chi connectivity index (χ1v) is 5.88. The van der Waals surface area contributed by atoms with Crippen molar-refractivity contribution in [3.05, 3.63) is 35.9 Å². The predicted octanol–water partition coefficient (Wildman–Crippen LogP) is 1.87. The Morgan fingerprint density at radius 1 is 1.33 bits per heavy atom. The van der Waals surface area contributed by atoms with Crippen LogP contribution in [0, 0.1) is 0 Å². The van der Waals surface area contributed by atoms with Gasteiger partial charge in [-0.2, -0.15) is 0 Å². The van der Waals surface area contributed by atoms with Crippen LogP contribution in [0.25, 0.3) is 0 Å². The number of nitrogens with one attached hydrogen (secondary N) is 1. The number of hydrogen-bond acceptors (Lipinski definition) is 2. The lowest BCUT2D eigenvalue weighted by atomic mass is 10.2. The second-order valence-electron chi connectivity index (χ2n) is 4.25. The van der Waals surface area contributed by atoms with E-state index in [-0.39, 0.29) is 0 Å². The molecule has 2 nitrogen and oxygen atoms in total. The Labute approximate surface area is 92.3 Å². The van der Waals surface area contributed by atoms with Gasteiger partial charge in [-0.3, -0.25) is 0 Å². The lowest BCUT2D eigenvalue weighted by molar-refractivity contribution is 0.345. The SMILES string of the molecule is CCN1CCC(NCc2ccccc2)C1. The largest absolute Gasteiger partial charge is 0.309 e. The Balaban J connectivity index is 1.75. The van der Waals surface area contributed by atoms with Crippen molar-refractivity contribution in [2.24, 2.45) is 0 Å². The normalized spacial score (nSPS) is 22.1. The van der Waals surface area contributed by atoms with Crippen LogP contribution in [-0.4, -0.2) is 30.6 Å². The molecule has 0 aromatic heterocycles. The van der Waals surface area contributed by atoms with E-state index in [0.29, 0.717) is 6.04 Å². The van der Waals surface area contributed by atoms with E-state index in [1.165, 1.54) is 31.6 Å². The topological polar surface area (TPSA) is 15.3 Å². The zero-order chi connectivity index (χ0) is 10.5. The van der Waals surface area contributed by atoms with E-state index < -0.39 is 0 Å². The van der Waals surface area contributed by atoms with Gasteiger partial charge in [-0.05, 0) is 25.1 Å². The number of benzene rings is 1. The minimum atomic E-state index is 0.685. The molecule has 1 N–H and O–H groups in total. The summed E-state index contributed by atoms with van der Waals surface area (Å²) in [6, 6.07) is 11.3. The van der Waals surface area contributed by atoms with Crippen molar-refractivity contribution in [3.8, 4) is 0 Å². The summed E-state index contributed by atoms with van der Waals surface area (Å²) in [5, 5.41) is 3.62. The van der Waals surface area contributed by atoms with Gasteiger partial charge >= 0.3 is 0 Å². The molecule has 1 aromatic carbocycles. The molecule has 15 heavy (non-hydrogen) atoms. The highest BCUT2D eigenvalue weighted by Crippen LogP contribution is 2.09. The molecule has 0 saturated carbocycles. The summed E-state index contributed by atoms with van der Waals surface area (Å²) in [5.41, 5.74) is 1.38. The minimum absolute atomic E-state index is 0.685. The third kappa shape index (κ3) is 3.05. The van der Waals surface area contributed by atoms with Crippen molar-refractivity contribution in [3.63, 3.8) is 0 Å². The Morgan fingerprint density at radius 3 is 2.80 bits per heavy atom. The molecule has 0 spiro atoms. The van der Waals surface area contributed by atoms with Gasteiger partial charge in [0.1, 0.15) is 0 Å². The summed E-state index contributed by atoms with van der Waals surface area (Å²) in [7, 11) is 0. The molecule has 0 bridgehead atoms. The summed E-state index contributed by atoms with van der Waals surface area (Å²) in [4.78, 5) is 2.50. The molecule has 1 unspecified atom stereocenters. The Bertz CT molecular complexity index is 284. The van der Waals surface area contributed by atoms with Crippen molar-refractivity contribution in [2.75, 3.05) is 19.6 Å². The van der Waals surface area contributed by atoms with Gasteiger partial charge in [0.2, 0.25) is 0 Å². The summed E-state index contributed by atoms with van der Waals surface area (Å²) >= 11 is 0. The van der Waals surface area contributed by atoms with E-state index in [2.05, 4.69) is 47.5 Å². The fourth-order valence-electron chi connectivity index (χ4n) is 2.14. The molecule has 2 rings (SSSR count). The van der Waals surface area contributed by atoms with E-state index >= 15 is 0 Å². The smallest absolute Gasteiger partial charge is 0.0210 e. The highest BCUT2D eigenvalue weighted by Gasteiger charge is 2.19. The fourth-order valence-corrected chi connectivity index (χ4v) is 2.14. The van der Waals surface area contributed by atoms with Crippen LogP contribution in [0.4, 0.5) is 0 Å². The molecule has 2 heteroatoms. The molecule has 82 valence electrons. The molecule has 0 radical (unpaired) electrons. The zero-order valence-electron chi connectivity index (χ0n) is 9.45. The predicted molar refractivity (Wildman–Crippen MR) is 63.8 cm³/mol. The molecule has 1 saturated heterocycles. The molecule has 1 aliphatic heterocycles. The first-order chi connectivity index (χ1) is 7.38. The number of likely N-dealkylation sites (tertiary alicyclic amines) is 1. The van der Waals surface area contributed by atoms with Crippen LogP contribution in [-0.2, 0) is 6.54 Å². The number of nitrogens with zero attached hydrogens (tertiary/aromatic N) is 1. The van der Waals surface area contributed by atoms with Crippen molar-refractivity contribution in [1.29, 1.82) is 0 Å². The van der Waals surface area contributed by atoms with Crippen LogP contribution in [0.1, 0.15) is 18.9 Å². The number of likely N-dealkylation sites (N-methyl/N-ethyl adjacent to an activating group) is 1. The molecule has 1 heterocycles. The summed E-state index contributed by atoms with van der Waals surface area (Å²) in [5.74, 6) is 0. The first-order valence-electron chi connectivity index (χ1n) is 5.88. The highest BCUT2D eigenvalue weighted by molar-refractivity contribution is 5.14. The van der Waals surface area contributed by atoms with Gasteiger partial charge in [0, 0.05) is 19.1 Å². The molecular formula is C13H20N2. The van der Waals surface area contributed by atoms with E-state index in [1.807, 2.05) is 0 Å². The number of rotatable bonds is 4. The molecule has 0 amide bonds. The third-order valence-electron chi connectivity index (χ3n) is 3.16. The monoisotopic (exact) mass is 204 g/mol. The van der Waals surface area contributed by atoms with Gasteiger partial charge < -0.3 is 10.2 Å². The van der Waals surface area contributed by atoms with Gasteiger partial charge in [-0.25, -0.2) is 0 Å². The second-order valence-corrected chi connectivity index (χ2v) is 4.25. The maximum atomic E-state index is 3.62. The van der Waals surface area contributed by atoms with Gasteiger partial charge in [-0.15, -0.1) is 0 Å². The minimum Gasteiger partial charge on any atom is -0.309 e. The van der Waals surface area contributed by atoms with Crippen LogP contribution >= 0.6 is 0 Å². The quantitative estimate of drug-likeness (QED) is 0.805. The second kappa shape index (κ2) is 5.29. The van der Waals surface area contributed by atoms with Crippen molar-refractivity contribution >= 4 is 0 Å². The summed E-state index contributed by atoms with van der Waals surface area (Å²) in [6.07, 6.45) is 1.29. The van der Waals surface area contributed by atoms with Crippen molar-refractivity contribution in [2.45, 2.75) is 25.9 Å². The third-order valence-corrected chi connectivity index (χ3v) is 3.16. The molecule has 0 aliphatic carbocycles. The lowest BCUT2D eigenvalue weighted by Crippen LogP contribution is -2.31. The maximum Gasteiger partial charge on any atom is 0.0210 e. The Morgan fingerprint density at radius 2 is 2.13 bits per heavy atom. The highest BCUT2D eigenvalue weighted by atomic mass is 15.2. The molecule has 1 atom stereocenters. The molecule has 1 aliphatic rings. The standard InChI is InChI=1S/C13H20N2/c1-2-15-9-8-13(11-15)14-10-12-6-4-3-5-7-12/h3-7,13-14H,2,8-11H2,1H3. The van der Waals surface area contributed by atoms with Crippen LogP contribution in [0.5, 0.6) is 0 Å². The van der Waals surface area contributed by atoms with Gasteiger partial charge in [0.15, 0.2) is 0 Å². The van der Waals surface area contributed by atoms with E-state index in [1.54, 1.807) is 0 Å². The lowest BCUT2D eigenvalue weighted by Gasteiger charge is -2.14. The zero-order valence-corrected chi connectivity index (χ0v) is 9.45. The van der Waals surface area contributed by atoms with Gasteiger partial charge in [-0.1, -0.05) is 37.3 Å². The van der Waals surface area contributed by atoms with Crippen molar-refractivity contribution in [1.82, 2.24) is 10.2 Å². The van der Waals surface area contributed by atoms with Crippen LogP contribution < -0.4 is 5.32 Å².